The molecule has 1 heterocycles. The highest BCUT2D eigenvalue weighted by Gasteiger charge is 2.19. The number of nitrogens with one attached hydrogen (secondary N) is 1. The fraction of sp³-hybridized carbons (Fsp3) is 0.125. The van der Waals surface area contributed by atoms with E-state index in [1.54, 1.807) is 11.2 Å². The van der Waals surface area contributed by atoms with Gasteiger partial charge in [0.1, 0.15) is 5.52 Å². The molecular formula is C16H15N3O. The second kappa shape index (κ2) is 5.17. The summed E-state index contributed by atoms with van der Waals surface area (Å²) in [6.45, 7) is 2.58. The molecule has 0 radical (unpaired) electrons. The molecule has 1 N–H and O–H groups in total. The van der Waals surface area contributed by atoms with Crippen LogP contribution >= 0.6 is 0 Å². The number of amides is 1. The lowest BCUT2D eigenvalue weighted by Crippen LogP contribution is -2.30. The largest absolute Gasteiger partial charge is 0.345 e. The predicted molar refractivity (Wildman–Crippen MR) is 79.9 cm³/mol. The van der Waals surface area contributed by atoms with Gasteiger partial charge in [0.15, 0.2) is 0 Å². The lowest BCUT2D eigenvalue weighted by atomic mass is 10.1. The van der Waals surface area contributed by atoms with Crippen molar-refractivity contribution in [2.45, 2.75) is 6.92 Å². The Hall–Kier alpha value is -2.62. The number of carbonyl (C=O) groups excluding carboxylic acids is 1. The van der Waals surface area contributed by atoms with E-state index in [4.69, 9.17) is 0 Å². The Morgan fingerprint density at radius 2 is 1.95 bits per heavy atom. The molecular weight excluding hydrogens is 250 g/mol. The Morgan fingerprint density at radius 1 is 1.15 bits per heavy atom. The van der Waals surface area contributed by atoms with Crippen molar-refractivity contribution in [2.75, 3.05) is 11.4 Å². The molecule has 0 atom stereocenters. The zero-order chi connectivity index (χ0) is 13.9. The molecule has 1 aromatic heterocycles. The highest BCUT2D eigenvalue weighted by molar-refractivity contribution is 6.12. The van der Waals surface area contributed by atoms with Gasteiger partial charge in [0.05, 0.1) is 17.4 Å². The number of rotatable bonds is 3. The van der Waals surface area contributed by atoms with Gasteiger partial charge in [0, 0.05) is 12.2 Å². The molecule has 1 amide bonds. The first-order valence-electron chi connectivity index (χ1n) is 6.60. The van der Waals surface area contributed by atoms with Crippen LogP contribution in [0.15, 0.2) is 54.9 Å². The molecule has 0 aliphatic carbocycles. The third kappa shape index (κ3) is 2.05. The summed E-state index contributed by atoms with van der Waals surface area (Å²) < 4.78 is 0. The molecule has 3 rings (SSSR count). The summed E-state index contributed by atoms with van der Waals surface area (Å²) in [6, 6.07) is 15.3. The molecule has 3 aromatic rings. The lowest BCUT2D eigenvalue weighted by molar-refractivity contribution is 0.0990. The predicted octanol–water partition coefficient (Wildman–Crippen LogP) is 3.23. The molecule has 0 spiro atoms. The molecule has 0 aliphatic rings. The van der Waals surface area contributed by atoms with E-state index in [0.29, 0.717) is 17.6 Å². The lowest BCUT2D eigenvalue weighted by Gasteiger charge is -2.21. The first-order chi connectivity index (χ1) is 9.81. The van der Waals surface area contributed by atoms with E-state index >= 15 is 0 Å². The first kappa shape index (κ1) is 12.4. The van der Waals surface area contributed by atoms with Crippen LogP contribution in [-0.4, -0.2) is 22.4 Å². The van der Waals surface area contributed by atoms with Gasteiger partial charge in [-0.15, -0.1) is 0 Å². The second-order valence-electron chi connectivity index (χ2n) is 4.49. The van der Waals surface area contributed by atoms with Gasteiger partial charge in [-0.25, -0.2) is 4.98 Å². The Balaban J connectivity index is 2.05. The van der Waals surface area contributed by atoms with Crippen LogP contribution in [0.25, 0.3) is 11.0 Å². The molecule has 4 nitrogen and oxygen atoms in total. The van der Waals surface area contributed by atoms with Crippen LogP contribution in [0, 0.1) is 0 Å². The van der Waals surface area contributed by atoms with Crippen molar-refractivity contribution in [1.29, 1.82) is 0 Å². The maximum Gasteiger partial charge on any atom is 0.260 e. The fourth-order valence-corrected chi connectivity index (χ4v) is 2.33. The number of H-pyrrole nitrogens is 1. The standard InChI is InChI=1S/C16H15N3O/c1-2-19(12-7-4-3-5-8-12)16(20)13-9-6-10-14-15(13)18-11-17-14/h3-11H,2H2,1H3,(H,17,18). The van der Waals surface area contributed by atoms with Crippen molar-refractivity contribution >= 4 is 22.6 Å². The first-order valence-corrected chi connectivity index (χ1v) is 6.60. The van der Waals surface area contributed by atoms with Gasteiger partial charge < -0.3 is 9.88 Å². The van der Waals surface area contributed by atoms with Gasteiger partial charge in [0.2, 0.25) is 0 Å². The molecule has 0 fully saturated rings. The fourth-order valence-electron chi connectivity index (χ4n) is 2.33. The van der Waals surface area contributed by atoms with Crippen LogP contribution in [0.2, 0.25) is 0 Å². The third-order valence-corrected chi connectivity index (χ3v) is 3.31. The smallest absolute Gasteiger partial charge is 0.260 e. The highest BCUT2D eigenvalue weighted by Crippen LogP contribution is 2.20. The number of anilines is 1. The normalized spacial score (nSPS) is 10.7. The molecule has 0 bridgehead atoms. The highest BCUT2D eigenvalue weighted by atomic mass is 16.2. The number of imidazole rings is 1. The maximum atomic E-state index is 12.8. The van der Waals surface area contributed by atoms with Crippen LogP contribution in [0.5, 0.6) is 0 Å². The minimum Gasteiger partial charge on any atom is -0.345 e. The quantitative estimate of drug-likeness (QED) is 0.790. The molecule has 0 aliphatic heterocycles. The van der Waals surface area contributed by atoms with Crippen LogP contribution in [0.4, 0.5) is 5.69 Å². The van der Waals surface area contributed by atoms with Gasteiger partial charge in [-0.2, -0.15) is 0 Å². The summed E-state index contributed by atoms with van der Waals surface area (Å²) >= 11 is 0. The van der Waals surface area contributed by atoms with Crippen LogP contribution in [-0.2, 0) is 0 Å². The number of hydrogen-bond acceptors (Lipinski definition) is 2. The van der Waals surface area contributed by atoms with E-state index in [0.717, 1.165) is 11.2 Å². The van der Waals surface area contributed by atoms with Gasteiger partial charge in [-0.3, -0.25) is 4.79 Å². The van der Waals surface area contributed by atoms with Crippen molar-refractivity contribution in [2.24, 2.45) is 0 Å². The van der Waals surface area contributed by atoms with Crippen molar-refractivity contribution < 1.29 is 4.79 Å². The average Bonchev–Trinajstić information content (AvgIpc) is 2.97. The van der Waals surface area contributed by atoms with Crippen molar-refractivity contribution in [3.63, 3.8) is 0 Å². The number of benzene rings is 2. The Kier molecular flexibility index (Phi) is 3.21. The molecule has 20 heavy (non-hydrogen) atoms. The van der Waals surface area contributed by atoms with Crippen LogP contribution in [0.1, 0.15) is 17.3 Å². The molecule has 4 heteroatoms. The van der Waals surface area contributed by atoms with Gasteiger partial charge in [-0.1, -0.05) is 24.3 Å². The minimum atomic E-state index is -0.0311. The molecule has 0 saturated heterocycles. The van der Waals surface area contributed by atoms with E-state index in [1.165, 1.54) is 0 Å². The third-order valence-electron chi connectivity index (χ3n) is 3.31. The van der Waals surface area contributed by atoms with Gasteiger partial charge in [0.25, 0.3) is 5.91 Å². The zero-order valence-electron chi connectivity index (χ0n) is 11.2. The monoisotopic (exact) mass is 265 g/mol. The second-order valence-corrected chi connectivity index (χ2v) is 4.49. The summed E-state index contributed by atoms with van der Waals surface area (Å²) in [5.74, 6) is -0.0311. The summed E-state index contributed by atoms with van der Waals surface area (Å²) in [4.78, 5) is 21.8. The van der Waals surface area contributed by atoms with Crippen molar-refractivity contribution in [3.8, 4) is 0 Å². The maximum absolute atomic E-state index is 12.8. The van der Waals surface area contributed by atoms with E-state index in [2.05, 4.69) is 9.97 Å². The van der Waals surface area contributed by atoms with Crippen molar-refractivity contribution in [3.05, 3.63) is 60.4 Å². The Morgan fingerprint density at radius 3 is 2.70 bits per heavy atom. The van der Waals surface area contributed by atoms with Gasteiger partial charge in [-0.05, 0) is 31.2 Å². The topological polar surface area (TPSA) is 49.0 Å². The zero-order valence-corrected chi connectivity index (χ0v) is 11.2. The van der Waals surface area contributed by atoms with E-state index in [-0.39, 0.29) is 5.91 Å². The summed E-state index contributed by atoms with van der Waals surface area (Å²) in [5.41, 5.74) is 3.11. The molecule has 2 aromatic carbocycles. The Bertz CT molecular complexity index is 734. The summed E-state index contributed by atoms with van der Waals surface area (Å²) in [7, 11) is 0. The van der Waals surface area contributed by atoms with Gasteiger partial charge >= 0.3 is 0 Å². The minimum absolute atomic E-state index is 0.0311. The summed E-state index contributed by atoms with van der Waals surface area (Å²) in [6.07, 6.45) is 1.61. The van der Waals surface area contributed by atoms with E-state index in [1.807, 2.05) is 55.5 Å². The van der Waals surface area contributed by atoms with E-state index < -0.39 is 0 Å². The molecule has 0 unspecified atom stereocenters. The average molecular weight is 265 g/mol. The van der Waals surface area contributed by atoms with E-state index in [9.17, 15) is 4.79 Å². The number of hydrogen-bond donors (Lipinski definition) is 1. The number of carbonyl (C=O) groups is 1. The number of aromatic amines is 1. The number of fused-ring (bicyclic) bond motifs is 1. The van der Waals surface area contributed by atoms with Crippen molar-refractivity contribution in [1.82, 2.24) is 9.97 Å². The number of nitrogens with zero attached hydrogens (tertiary/aromatic N) is 2. The van der Waals surface area contributed by atoms with Crippen LogP contribution in [0.3, 0.4) is 0 Å². The molecule has 0 saturated carbocycles. The SMILES string of the molecule is CCN(C(=O)c1cccc2[nH]cnc12)c1ccccc1. The number of aromatic nitrogens is 2. The molecule has 100 valence electrons. The van der Waals surface area contributed by atoms with Crippen LogP contribution < -0.4 is 4.90 Å². The Labute approximate surface area is 117 Å². The summed E-state index contributed by atoms with van der Waals surface area (Å²) in [5, 5.41) is 0. The number of para-hydroxylation sites is 2.